The molecular weight excluding hydrogens is 825 g/mol. The first-order valence-electron chi connectivity index (χ1n) is 24.2. The predicted octanol–water partition coefficient (Wildman–Crippen LogP) is 10.7. The summed E-state index contributed by atoms with van der Waals surface area (Å²) in [5.41, 5.74) is 0. The Bertz CT molecular complexity index is 1370. The van der Waals surface area contributed by atoms with Gasteiger partial charge in [0.15, 0.2) is 6.29 Å². The second-order valence-corrected chi connectivity index (χ2v) is 17.4. The smallest absolute Gasteiger partial charge is 0.397 e. The van der Waals surface area contributed by atoms with Gasteiger partial charge < -0.3 is 34.3 Å². The first-order valence-corrected chi connectivity index (χ1v) is 25.6. The number of rotatable bonds is 41. The molecular formula is C50H86O12S. The Kier molecular flexibility index (Phi) is 38.1. The zero-order valence-corrected chi connectivity index (χ0v) is 39.7. The van der Waals surface area contributed by atoms with Crippen LogP contribution in [0.4, 0.5) is 0 Å². The van der Waals surface area contributed by atoms with E-state index in [1.807, 2.05) is 0 Å². The van der Waals surface area contributed by atoms with Gasteiger partial charge >= 0.3 is 16.4 Å². The lowest BCUT2D eigenvalue weighted by Crippen LogP contribution is -2.60. The molecule has 1 aliphatic rings. The Morgan fingerprint density at radius 2 is 1.10 bits per heavy atom. The van der Waals surface area contributed by atoms with E-state index in [-0.39, 0.29) is 19.6 Å². The standard InChI is InChI=1S/C50H86O12S/c1-3-5-7-9-11-13-15-16-17-18-19-20-21-22-23-24-25-26-27-28-29-31-33-35-37-39-46(52)60-44(42-58-40-38-36-34-32-30-14-12-10-8-6-4-2)43-59-50-48(54)49(62-63(55,56)57)47(53)45(41-51)61-50/h5,7,11,13,16-17,19-20,22-23,25-26,44-45,47-51,53-54H,3-4,6,8-10,12,14-15,18,21,24,27-43H2,1-2H3,(H,55,56,57)/b7-5-,13-11-,17-16-,20-19-,23-22-,26-25-. The molecule has 1 saturated heterocycles. The lowest BCUT2D eigenvalue weighted by atomic mass is 9.99. The minimum absolute atomic E-state index is 0.0279. The fraction of sp³-hybridized carbons (Fsp3) is 0.740. The number of unbranched alkanes of at least 4 members (excludes halogenated alkanes) is 16. The number of carbonyl (C=O) groups excluding carboxylic acids is 1. The summed E-state index contributed by atoms with van der Waals surface area (Å²) in [6.45, 7) is 3.84. The molecule has 1 aliphatic heterocycles. The fourth-order valence-corrected chi connectivity index (χ4v) is 7.48. The van der Waals surface area contributed by atoms with Gasteiger partial charge in [-0.1, -0.05) is 177 Å². The van der Waals surface area contributed by atoms with Crippen LogP contribution in [0.25, 0.3) is 0 Å². The second kappa shape index (κ2) is 41.0. The molecule has 6 atom stereocenters. The number of esters is 1. The molecule has 0 spiro atoms. The molecule has 0 amide bonds. The number of aliphatic hydroxyl groups excluding tert-OH is 3. The van der Waals surface area contributed by atoms with Crippen LogP contribution in [-0.2, 0) is 38.3 Å². The molecule has 1 rings (SSSR count). The normalized spacial score (nSPS) is 20.5. The molecule has 0 bridgehead atoms. The summed E-state index contributed by atoms with van der Waals surface area (Å²) in [4.78, 5) is 12.9. The molecule has 63 heavy (non-hydrogen) atoms. The number of aliphatic hydroxyl groups is 3. The molecule has 13 heteroatoms. The highest BCUT2D eigenvalue weighted by atomic mass is 32.3. The van der Waals surface area contributed by atoms with Crippen molar-refractivity contribution in [3.8, 4) is 0 Å². The molecule has 4 N–H and O–H groups in total. The van der Waals surface area contributed by atoms with Gasteiger partial charge in [0.1, 0.15) is 30.5 Å². The van der Waals surface area contributed by atoms with Crippen LogP contribution in [0.1, 0.15) is 174 Å². The summed E-state index contributed by atoms with van der Waals surface area (Å²) >= 11 is 0. The van der Waals surface area contributed by atoms with Crippen LogP contribution in [-0.4, -0.2) is 97.5 Å². The van der Waals surface area contributed by atoms with Crippen LogP contribution < -0.4 is 0 Å². The minimum Gasteiger partial charge on any atom is -0.457 e. The first-order chi connectivity index (χ1) is 30.6. The van der Waals surface area contributed by atoms with Crippen LogP contribution in [0.2, 0.25) is 0 Å². The zero-order valence-electron chi connectivity index (χ0n) is 38.9. The van der Waals surface area contributed by atoms with E-state index in [0.29, 0.717) is 13.0 Å². The van der Waals surface area contributed by atoms with E-state index in [1.54, 1.807) is 0 Å². The van der Waals surface area contributed by atoms with E-state index < -0.39 is 59.8 Å². The summed E-state index contributed by atoms with van der Waals surface area (Å²) in [7, 11) is -5.07. The van der Waals surface area contributed by atoms with Crippen molar-refractivity contribution >= 4 is 16.4 Å². The van der Waals surface area contributed by atoms with Crippen LogP contribution >= 0.6 is 0 Å². The molecule has 0 aromatic rings. The number of allylic oxidation sites excluding steroid dienone is 12. The lowest BCUT2D eigenvalue weighted by molar-refractivity contribution is -0.301. The van der Waals surface area contributed by atoms with Gasteiger partial charge in [-0.25, -0.2) is 4.18 Å². The molecule has 6 unspecified atom stereocenters. The van der Waals surface area contributed by atoms with Crippen molar-refractivity contribution in [2.45, 2.75) is 211 Å². The van der Waals surface area contributed by atoms with Gasteiger partial charge in [0.25, 0.3) is 0 Å². The second-order valence-electron chi connectivity index (χ2n) is 16.3. The Labute approximate surface area is 381 Å². The quantitative estimate of drug-likeness (QED) is 0.0198. The summed E-state index contributed by atoms with van der Waals surface area (Å²) < 4.78 is 59.1. The maximum Gasteiger partial charge on any atom is 0.397 e. The molecule has 1 fully saturated rings. The van der Waals surface area contributed by atoms with Gasteiger partial charge in [0.2, 0.25) is 0 Å². The van der Waals surface area contributed by atoms with Gasteiger partial charge in [-0.15, -0.1) is 0 Å². The van der Waals surface area contributed by atoms with Crippen LogP contribution in [0.5, 0.6) is 0 Å². The SMILES string of the molecule is CC/C=C\C/C=C\C/C=C\C/C=C\C/C=C\C/C=C\CCCCCCCCC(=O)OC(COCCCCCCCCCCCCC)COC1OC(CO)C(O)C(OS(=O)(=O)O)C1O. The Morgan fingerprint density at radius 1 is 0.619 bits per heavy atom. The van der Waals surface area contributed by atoms with Gasteiger partial charge in [0.05, 0.1) is 19.8 Å². The summed E-state index contributed by atoms with van der Waals surface area (Å²) in [6, 6.07) is 0. The van der Waals surface area contributed by atoms with E-state index in [1.165, 1.54) is 51.4 Å². The van der Waals surface area contributed by atoms with Crippen LogP contribution in [0.15, 0.2) is 72.9 Å². The van der Waals surface area contributed by atoms with Gasteiger partial charge in [-0.3, -0.25) is 9.35 Å². The van der Waals surface area contributed by atoms with Crippen molar-refractivity contribution in [1.82, 2.24) is 0 Å². The highest BCUT2D eigenvalue weighted by Crippen LogP contribution is 2.26. The number of ether oxygens (including phenoxy) is 4. The molecule has 0 aromatic carbocycles. The van der Waals surface area contributed by atoms with Crippen molar-refractivity contribution < 1.29 is 56.2 Å². The maximum absolute atomic E-state index is 12.9. The Morgan fingerprint density at radius 3 is 1.60 bits per heavy atom. The molecule has 0 saturated carbocycles. The summed E-state index contributed by atoms with van der Waals surface area (Å²) in [5, 5.41) is 30.7. The fourth-order valence-electron chi connectivity index (χ4n) is 6.97. The van der Waals surface area contributed by atoms with Crippen molar-refractivity contribution in [2.75, 3.05) is 26.4 Å². The van der Waals surface area contributed by atoms with Crippen LogP contribution in [0.3, 0.4) is 0 Å². The van der Waals surface area contributed by atoms with Crippen molar-refractivity contribution in [1.29, 1.82) is 0 Å². The van der Waals surface area contributed by atoms with E-state index in [9.17, 15) is 28.5 Å². The lowest BCUT2D eigenvalue weighted by Gasteiger charge is -2.41. The monoisotopic (exact) mass is 911 g/mol. The number of hydrogen-bond donors (Lipinski definition) is 4. The molecule has 0 radical (unpaired) electrons. The molecule has 0 aliphatic carbocycles. The van der Waals surface area contributed by atoms with Gasteiger partial charge in [-0.2, -0.15) is 8.42 Å². The minimum atomic E-state index is -5.07. The third kappa shape index (κ3) is 34.5. The Hall–Kier alpha value is -2.46. The largest absolute Gasteiger partial charge is 0.457 e. The van der Waals surface area contributed by atoms with E-state index in [0.717, 1.165) is 96.3 Å². The molecule has 0 aromatic heterocycles. The van der Waals surface area contributed by atoms with E-state index in [2.05, 4.69) is 90.9 Å². The van der Waals surface area contributed by atoms with E-state index >= 15 is 0 Å². The number of hydrogen-bond acceptors (Lipinski definition) is 11. The van der Waals surface area contributed by atoms with Gasteiger partial charge in [0, 0.05) is 13.0 Å². The van der Waals surface area contributed by atoms with Crippen molar-refractivity contribution in [2.24, 2.45) is 0 Å². The molecule has 364 valence electrons. The van der Waals surface area contributed by atoms with Crippen molar-refractivity contribution in [3.05, 3.63) is 72.9 Å². The van der Waals surface area contributed by atoms with E-state index in [4.69, 9.17) is 23.5 Å². The van der Waals surface area contributed by atoms with Crippen LogP contribution in [0, 0.1) is 0 Å². The third-order valence-corrected chi connectivity index (χ3v) is 11.1. The topological polar surface area (TPSA) is 178 Å². The third-order valence-electron chi connectivity index (χ3n) is 10.6. The maximum atomic E-state index is 12.9. The molecule has 1 heterocycles. The van der Waals surface area contributed by atoms with Crippen molar-refractivity contribution in [3.63, 3.8) is 0 Å². The highest BCUT2D eigenvalue weighted by Gasteiger charge is 2.48. The zero-order chi connectivity index (χ0) is 46.1. The Balaban J connectivity index is 2.36. The first kappa shape index (κ1) is 58.6. The predicted molar refractivity (Wildman–Crippen MR) is 252 cm³/mol. The van der Waals surface area contributed by atoms with Gasteiger partial charge in [-0.05, 0) is 64.2 Å². The summed E-state index contributed by atoms with van der Waals surface area (Å²) in [6.07, 6.45) is 43.6. The number of carbonyl (C=O) groups is 1. The highest BCUT2D eigenvalue weighted by molar-refractivity contribution is 7.80. The molecule has 12 nitrogen and oxygen atoms in total. The summed E-state index contributed by atoms with van der Waals surface area (Å²) in [5.74, 6) is -0.416. The average Bonchev–Trinajstić information content (AvgIpc) is 3.26. The average molecular weight is 911 g/mol.